The molecule has 0 spiro atoms. The Morgan fingerprint density at radius 2 is 2.24 bits per heavy atom. The van der Waals surface area contributed by atoms with Gasteiger partial charge >= 0.3 is 5.97 Å². The molecule has 1 heterocycles. The number of hydrogen-bond acceptors (Lipinski definition) is 4. The number of pyridine rings is 1. The molecule has 17 heavy (non-hydrogen) atoms. The lowest BCUT2D eigenvalue weighted by Gasteiger charge is -2.13. The van der Waals surface area contributed by atoms with Crippen LogP contribution in [0.15, 0.2) is 18.5 Å². The molecule has 0 radical (unpaired) electrons. The monoisotopic (exact) mass is 258 g/mol. The van der Waals surface area contributed by atoms with Gasteiger partial charge in [-0.25, -0.2) is 4.79 Å². The van der Waals surface area contributed by atoms with Crippen LogP contribution < -0.4 is 5.32 Å². The zero-order valence-corrected chi connectivity index (χ0v) is 9.52. The number of nitrogens with one attached hydrogen (secondary N) is 1. The third-order valence-corrected chi connectivity index (χ3v) is 2.36. The molecule has 92 valence electrons. The Kier molecular flexibility index (Phi) is 4.86. The van der Waals surface area contributed by atoms with Crippen LogP contribution in [0.1, 0.15) is 16.8 Å². The summed E-state index contributed by atoms with van der Waals surface area (Å²) in [7, 11) is 0. The van der Waals surface area contributed by atoms with E-state index >= 15 is 0 Å². The fourth-order valence-electron chi connectivity index (χ4n) is 1.17. The van der Waals surface area contributed by atoms with Crippen molar-refractivity contribution in [1.29, 1.82) is 0 Å². The molecule has 0 fully saturated rings. The molecule has 1 aromatic heterocycles. The summed E-state index contributed by atoms with van der Waals surface area (Å²) in [6.45, 7) is -0.335. The van der Waals surface area contributed by atoms with E-state index in [-0.39, 0.29) is 23.6 Å². The second-order valence-electron chi connectivity index (χ2n) is 3.23. The van der Waals surface area contributed by atoms with Crippen LogP contribution in [0.3, 0.4) is 0 Å². The molecule has 0 saturated carbocycles. The van der Waals surface area contributed by atoms with Gasteiger partial charge in [0.25, 0.3) is 5.91 Å². The van der Waals surface area contributed by atoms with Crippen molar-refractivity contribution in [3.8, 4) is 0 Å². The fraction of sp³-hybridized carbons (Fsp3) is 0.300. The fourth-order valence-corrected chi connectivity index (χ4v) is 1.36. The topological polar surface area (TPSA) is 99.5 Å². The molecule has 0 aliphatic heterocycles. The third kappa shape index (κ3) is 3.69. The van der Waals surface area contributed by atoms with E-state index in [9.17, 15) is 9.59 Å². The molecule has 1 atom stereocenters. The van der Waals surface area contributed by atoms with Crippen molar-refractivity contribution in [3.05, 3.63) is 29.0 Å². The maximum Gasteiger partial charge on any atom is 0.326 e. The molecule has 0 aliphatic carbocycles. The zero-order chi connectivity index (χ0) is 12.8. The number of nitrogens with zero attached hydrogens (tertiary/aromatic N) is 1. The van der Waals surface area contributed by atoms with Gasteiger partial charge < -0.3 is 15.5 Å². The number of aliphatic hydroxyl groups is 1. The summed E-state index contributed by atoms with van der Waals surface area (Å²) in [4.78, 5) is 26.2. The standard InChI is InChI=1S/C10H11ClN2O4/c11-7-1-3-12-5-6(7)9(15)13-8(2-4-14)10(16)17/h1,3,5,8,14H,2,4H2,(H,13,15)(H,16,17). The maximum absolute atomic E-state index is 11.7. The zero-order valence-electron chi connectivity index (χ0n) is 8.76. The van der Waals surface area contributed by atoms with Crippen molar-refractivity contribution in [2.45, 2.75) is 12.5 Å². The van der Waals surface area contributed by atoms with Crippen LogP contribution in [-0.2, 0) is 4.79 Å². The Morgan fingerprint density at radius 3 is 2.76 bits per heavy atom. The Morgan fingerprint density at radius 1 is 1.53 bits per heavy atom. The quantitative estimate of drug-likeness (QED) is 0.705. The molecule has 1 rings (SSSR count). The molecule has 6 nitrogen and oxygen atoms in total. The smallest absolute Gasteiger partial charge is 0.326 e. The van der Waals surface area contributed by atoms with E-state index < -0.39 is 17.9 Å². The Labute approximate surface area is 102 Å². The normalized spacial score (nSPS) is 11.9. The SMILES string of the molecule is O=C(NC(CCO)C(=O)O)c1cnccc1Cl. The lowest BCUT2D eigenvalue weighted by molar-refractivity contribution is -0.139. The highest BCUT2D eigenvalue weighted by atomic mass is 35.5. The minimum Gasteiger partial charge on any atom is -0.480 e. The van der Waals surface area contributed by atoms with Crippen molar-refractivity contribution in [1.82, 2.24) is 10.3 Å². The van der Waals surface area contributed by atoms with Gasteiger partial charge in [-0.05, 0) is 6.07 Å². The number of carbonyl (C=O) groups excluding carboxylic acids is 1. The van der Waals surface area contributed by atoms with Crippen molar-refractivity contribution < 1.29 is 19.8 Å². The van der Waals surface area contributed by atoms with E-state index in [1.165, 1.54) is 18.5 Å². The summed E-state index contributed by atoms with van der Waals surface area (Å²) in [6.07, 6.45) is 2.59. The van der Waals surface area contributed by atoms with Gasteiger partial charge in [-0.15, -0.1) is 0 Å². The largest absolute Gasteiger partial charge is 0.480 e. The van der Waals surface area contributed by atoms with Gasteiger partial charge in [0.2, 0.25) is 0 Å². The molecular weight excluding hydrogens is 248 g/mol. The minimum absolute atomic E-state index is 0.0705. The number of carboxylic acid groups (broad SMARTS) is 1. The van der Waals surface area contributed by atoms with Crippen LogP contribution >= 0.6 is 11.6 Å². The van der Waals surface area contributed by atoms with E-state index in [0.29, 0.717) is 0 Å². The van der Waals surface area contributed by atoms with Crippen molar-refractivity contribution >= 4 is 23.5 Å². The molecule has 7 heteroatoms. The molecule has 0 saturated heterocycles. The number of hydrogen-bond donors (Lipinski definition) is 3. The van der Waals surface area contributed by atoms with Gasteiger partial charge in [-0.1, -0.05) is 11.6 Å². The van der Waals surface area contributed by atoms with E-state index in [0.717, 1.165) is 0 Å². The van der Waals surface area contributed by atoms with Crippen LogP contribution in [0.5, 0.6) is 0 Å². The van der Waals surface area contributed by atoms with Gasteiger partial charge in [-0.2, -0.15) is 0 Å². The summed E-state index contributed by atoms with van der Waals surface area (Å²) in [5, 5.41) is 19.9. The highest BCUT2D eigenvalue weighted by Crippen LogP contribution is 2.13. The number of amides is 1. The Balaban J connectivity index is 2.77. The average Bonchev–Trinajstić information content (AvgIpc) is 2.28. The number of aliphatic hydroxyl groups excluding tert-OH is 1. The van der Waals surface area contributed by atoms with Crippen molar-refractivity contribution in [2.24, 2.45) is 0 Å². The number of carboxylic acids is 1. The summed E-state index contributed by atoms with van der Waals surface area (Å²) in [5.41, 5.74) is 0.0957. The molecule has 1 aromatic rings. The van der Waals surface area contributed by atoms with Gasteiger partial charge in [0.15, 0.2) is 0 Å². The van der Waals surface area contributed by atoms with Crippen LogP contribution in [-0.4, -0.2) is 39.7 Å². The summed E-state index contributed by atoms with van der Waals surface area (Å²) < 4.78 is 0. The molecule has 1 unspecified atom stereocenters. The molecule has 0 aromatic carbocycles. The first-order valence-electron chi connectivity index (χ1n) is 4.80. The molecule has 0 aliphatic rings. The van der Waals surface area contributed by atoms with Gasteiger partial charge in [-0.3, -0.25) is 9.78 Å². The predicted octanol–water partition coefficient (Wildman–Crippen LogP) is 0.300. The van der Waals surface area contributed by atoms with E-state index in [1.807, 2.05) is 0 Å². The average molecular weight is 259 g/mol. The van der Waals surface area contributed by atoms with E-state index in [2.05, 4.69) is 10.3 Å². The Hall–Kier alpha value is -1.66. The number of rotatable bonds is 5. The molecule has 3 N–H and O–H groups in total. The van der Waals surface area contributed by atoms with Crippen LogP contribution in [0.2, 0.25) is 5.02 Å². The lowest BCUT2D eigenvalue weighted by atomic mass is 10.2. The first kappa shape index (κ1) is 13.4. The molecule has 1 amide bonds. The van der Waals surface area contributed by atoms with Crippen LogP contribution in [0.4, 0.5) is 0 Å². The van der Waals surface area contributed by atoms with E-state index in [4.69, 9.17) is 21.8 Å². The maximum atomic E-state index is 11.7. The summed E-state index contributed by atoms with van der Waals surface area (Å²) in [5.74, 6) is -1.85. The second kappa shape index (κ2) is 6.17. The molecular formula is C10H11ClN2O4. The highest BCUT2D eigenvalue weighted by Gasteiger charge is 2.21. The summed E-state index contributed by atoms with van der Waals surface area (Å²) >= 11 is 5.76. The van der Waals surface area contributed by atoms with Crippen molar-refractivity contribution in [2.75, 3.05) is 6.61 Å². The first-order chi connectivity index (χ1) is 8.06. The molecule has 0 bridgehead atoms. The van der Waals surface area contributed by atoms with Gasteiger partial charge in [0.05, 0.1) is 10.6 Å². The van der Waals surface area contributed by atoms with Crippen molar-refractivity contribution in [3.63, 3.8) is 0 Å². The lowest BCUT2D eigenvalue weighted by Crippen LogP contribution is -2.41. The summed E-state index contributed by atoms with van der Waals surface area (Å²) in [6, 6.07) is 0.280. The predicted molar refractivity (Wildman–Crippen MR) is 59.8 cm³/mol. The second-order valence-corrected chi connectivity index (χ2v) is 3.64. The highest BCUT2D eigenvalue weighted by molar-refractivity contribution is 6.33. The van der Waals surface area contributed by atoms with Crippen LogP contribution in [0.25, 0.3) is 0 Å². The first-order valence-corrected chi connectivity index (χ1v) is 5.18. The van der Waals surface area contributed by atoms with Crippen LogP contribution in [0, 0.1) is 0 Å². The van der Waals surface area contributed by atoms with E-state index in [1.54, 1.807) is 0 Å². The van der Waals surface area contributed by atoms with Gasteiger partial charge in [0, 0.05) is 25.4 Å². The minimum atomic E-state index is -1.22. The number of halogens is 1. The number of carbonyl (C=O) groups is 2. The van der Waals surface area contributed by atoms with Gasteiger partial charge in [0.1, 0.15) is 6.04 Å². The third-order valence-electron chi connectivity index (χ3n) is 2.03. The number of aliphatic carboxylic acids is 1. The Bertz CT molecular complexity index is 425. The number of aromatic nitrogens is 1.